The number of aromatic amines is 1. The van der Waals surface area contributed by atoms with Crippen molar-refractivity contribution >= 4 is 11.6 Å². The molecule has 0 unspecified atom stereocenters. The molecule has 0 aliphatic rings. The van der Waals surface area contributed by atoms with Crippen LogP contribution < -0.4 is 11.2 Å². The molecule has 2 aromatic rings. The van der Waals surface area contributed by atoms with E-state index in [1.165, 1.54) is 0 Å². The first-order valence-electron chi connectivity index (χ1n) is 4.46. The quantitative estimate of drug-likeness (QED) is 0.788. The standard InChI is InChI=1S/C10H5ClF2N2O2/c11-8-4-9(16)15(10(17)14-8)7-2-5(12)1-6(13)3-7/h1-4H,(H,14,17). The Morgan fingerprint density at radius 3 is 2.18 bits per heavy atom. The van der Waals surface area contributed by atoms with E-state index in [0.717, 1.165) is 18.2 Å². The van der Waals surface area contributed by atoms with Gasteiger partial charge in [-0.05, 0) is 12.1 Å². The Morgan fingerprint density at radius 2 is 1.65 bits per heavy atom. The number of nitrogens with one attached hydrogen (secondary N) is 1. The molecule has 0 saturated carbocycles. The Labute approximate surface area is 98.1 Å². The molecular weight excluding hydrogens is 254 g/mol. The van der Waals surface area contributed by atoms with Crippen molar-refractivity contribution in [3.8, 4) is 5.69 Å². The molecule has 4 nitrogen and oxygen atoms in total. The molecule has 0 bridgehead atoms. The summed E-state index contributed by atoms with van der Waals surface area (Å²) in [4.78, 5) is 25.1. The van der Waals surface area contributed by atoms with Crippen LogP contribution in [0, 0.1) is 11.6 Å². The van der Waals surface area contributed by atoms with Gasteiger partial charge in [0.05, 0.1) is 5.69 Å². The lowest BCUT2D eigenvalue weighted by molar-refractivity contribution is 0.580. The second-order valence-electron chi connectivity index (χ2n) is 3.22. The highest BCUT2D eigenvalue weighted by Gasteiger charge is 2.08. The molecule has 0 spiro atoms. The lowest BCUT2D eigenvalue weighted by Gasteiger charge is -2.04. The summed E-state index contributed by atoms with van der Waals surface area (Å²) in [7, 11) is 0. The van der Waals surface area contributed by atoms with E-state index in [1.54, 1.807) is 0 Å². The van der Waals surface area contributed by atoms with Crippen LogP contribution in [0.5, 0.6) is 0 Å². The van der Waals surface area contributed by atoms with Crippen molar-refractivity contribution in [2.24, 2.45) is 0 Å². The van der Waals surface area contributed by atoms with Gasteiger partial charge in [0.15, 0.2) is 0 Å². The Morgan fingerprint density at radius 1 is 1.06 bits per heavy atom. The Balaban J connectivity index is 2.77. The molecule has 0 aliphatic carbocycles. The van der Waals surface area contributed by atoms with E-state index in [1.807, 2.05) is 0 Å². The molecule has 1 aromatic heterocycles. The van der Waals surface area contributed by atoms with Crippen molar-refractivity contribution in [1.29, 1.82) is 0 Å². The third kappa shape index (κ3) is 2.26. The zero-order chi connectivity index (χ0) is 12.6. The Kier molecular flexibility index (Phi) is 2.81. The van der Waals surface area contributed by atoms with Crippen LogP contribution in [0.2, 0.25) is 5.15 Å². The summed E-state index contributed by atoms with van der Waals surface area (Å²) in [6, 6.07) is 3.31. The molecule has 1 heterocycles. The maximum absolute atomic E-state index is 13.0. The number of H-pyrrole nitrogens is 1. The highest BCUT2D eigenvalue weighted by atomic mass is 35.5. The van der Waals surface area contributed by atoms with Crippen molar-refractivity contribution in [3.05, 3.63) is 61.9 Å². The summed E-state index contributed by atoms with van der Waals surface area (Å²) < 4.78 is 26.5. The number of halogens is 3. The molecule has 1 aromatic carbocycles. The minimum atomic E-state index is -0.888. The molecule has 2 rings (SSSR count). The normalized spacial score (nSPS) is 10.5. The van der Waals surface area contributed by atoms with Crippen molar-refractivity contribution < 1.29 is 8.78 Å². The maximum Gasteiger partial charge on any atom is 0.334 e. The van der Waals surface area contributed by atoms with Crippen molar-refractivity contribution in [2.75, 3.05) is 0 Å². The predicted octanol–water partition coefficient (Wildman–Crippen LogP) is 1.46. The van der Waals surface area contributed by atoms with Crippen LogP contribution in [0.15, 0.2) is 33.9 Å². The smallest absolute Gasteiger partial charge is 0.297 e. The van der Waals surface area contributed by atoms with Crippen LogP contribution in [0.4, 0.5) is 8.78 Å². The van der Waals surface area contributed by atoms with E-state index in [0.29, 0.717) is 10.6 Å². The number of benzene rings is 1. The molecule has 17 heavy (non-hydrogen) atoms. The fourth-order valence-corrected chi connectivity index (χ4v) is 1.55. The summed E-state index contributed by atoms with van der Waals surface area (Å²) in [6.07, 6.45) is 0. The van der Waals surface area contributed by atoms with Gasteiger partial charge < -0.3 is 0 Å². The summed E-state index contributed by atoms with van der Waals surface area (Å²) in [5, 5.41) is -0.145. The average Bonchev–Trinajstić information content (AvgIpc) is 2.13. The molecule has 0 atom stereocenters. The lowest BCUT2D eigenvalue weighted by Crippen LogP contribution is -2.33. The second-order valence-corrected chi connectivity index (χ2v) is 3.63. The topological polar surface area (TPSA) is 54.9 Å². The van der Waals surface area contributed by atoms with Gasteiger partial charge in [-0.2, -0.15) is 0 Å². The molecule has 0 radical (unpaired) electrons. The van der Waals surface area contributed by atoms with Gasteiger partial charge in [0.1, 0.15) is 16.8 Å². The van der Waals surface area contributed by atoms with E-state index < -0.39 is 22.9 Å². The van der Waals surface area contributed by atoms with E-state index in [2.05, 4.69) is 4.98 Å². The van der Waals surface area contributed by atoms with E-state index in [-0.39, 0.29) is 10.8 Å². The minimum absolute atomic E-state index is 0.145. The zero-order valence-corrected chi connectivity index (χ0v) is 8.96. The maximum atomic E-state index is 13.0. The number of rotatable bonds is 1. The zero-order valence-electron chi connectivity index (χ0n) is 8.21. The SMILES string of the molecule is O=c1cc(Cl)[nH]c(=O)n1-c1cc(F)cc(F)c1. The predicted molar refractivity (Wildman–Crippen MR) is 57.6 cm³/mol. The van der Waals surface area contributed by atoms with Gasteiger partial charge in [0, 0.05) is 12.1 Å². The fraction of sp³-hybridized carbons (Fsp3) is 0. The molecule has 7 heteroatoms. The van der Waals surface area contributed by atoms with Crippen LogP contribution in [0.3, 0.4) is 0 Å². The number of nitrogens with zero attached hydrogens (tertiary/aromatic N) is 1. The van der Waals surface area contributed by atoms with Gasteiger partial charge >= 0.3 is 5.69 Å². The van der Waals surface area contributed by atoms with Gasteiger partial charge in [0.2, 0.25) is 0 Å². The summed E-state index contributed by atoms with van der Waals surface area (Å²) in [5.74, 6) is -1.78. The third-order valence-electron chi connectivity index (χ3n) is 2.01. The summed E-state index contributed by atoms with van der Waals surface area (Å²) >= 11 is 5.46. The van der Waals surface area contributed by atoms with Gasteiger partial charge in [-0.15, -0.1) is 0 Å². The highest BCUT2D eigenvalue weighted by Crippen LogP contribution is 2.09. The Bertz CT molecular complexity index is 642. The van der Waals surface area contributed by atoms with E-state index >= 15 is 0 Å². The van der Waals surface area contributed by atoms with Crippen LogP contribution in [0.25, 0.3) is 5.69 Å². The molecule has 1 N–H and O–H groups in total. The first kappa shape index (κ1) is 11.5. The van der Waals surface area contributed by atoms with Crippen molar-refractivity contribution in [3.63, 3.8) is 0 Å². The van der Waals surface area contributed by atoms with Gasteiger partial charge in [-0.25, -0.2) is 18.1 Å². The van der Waals surface area contributed by atoms with Gasteiger partial charge in [0.25, 0.3) is 5.56 Å². The van der Waals surface area contributed by atoms with Crippen molar-refractivity contribution in [1.82, 2.24) is 9.55 Å². The fourth-order valence-electron chi connectivity index (χ4n) is 1.38. The van der Waals surface area contributed by atoms with Gasteiger partial charge in [-0.3, -0.25) is 9.78 Å². The van der Waals surface area contributed by atoms with Crippen LogP contribution in [-0.2, 0) is 0 Å². The first-order chi connectivity index (χ1) is 7.97. The summed E-state index contributed by atoms with van der Waals surface area (Å²) in [6.45, 7) is 0. The van der Waals surface area contributed by atoms with E-state index in [9.17, 15) is 18.4 Å². The monoisotopic (exact) mass is 258 g/mol. The van der Waals surface area contributed by atoms with Gasteiger partial charge in [-0.1, -0.05) is 11.6 Å². The minimum Gasteiger partial charge on any atom is -0.297 e. The summed E-state index contributed by atoms with van der Waals surface area (Å²) in [5.41, 5.74) is -1.85. The first-order valence-corrected chi connectivity index (χ1v) is 4.83. The molecule has 0 amide bonds. The Hall–Kier alpha value is -1.95. The van der Waals surface area contributed by atoms with Crippen LogP contribution >= 0.6 is 11.6 Å². The van der Waals surface area contributed by atoms with E-state index in [4.69, 9.17) is 11.6 Å². The number of hydrogen-bond donors (Lipinski definition) is 1. The number of hydrogen-bond acceptors (Lipinski definition) is 2. The molecule has 0 aliphatic heterocycles. The van der Waals surface area contributed by atoms with Crippen LogP contribution in [0.1, 0.15) is 0 Å². The molecular formula is C10H5ClF2N2O2. The largest absolute Gasteiger partial charge is 0.334 e. The molecule has 88 valence electrons. The average molecular weight is 259 g/mol. The molecule has 0 fully saturated rings. The number of aromatic nitrogens is 2. The third-order valence-corrected chi connectivity index (χ3v) is 2.21. The lowest BCUT2D eigenvalue weighted by atomic mass is 10.3. The molecule has 0 saturated heterocycles. The highest BCUT2D eigenvalue weighted by molar-refractivity contribution is 6.29. The van der Waals surface area contributed by atoms with Crippen molar-refractivity contribution in [2.45, 2.75) is 0 Å². The second kappa shape index (κ2) is 4.14. The van der Waals surface area contributed by atoms with Crippen LogP contribution in [-0.4, -0.2) is 9.55 Å².